The van der Waals surface area contributed by atoms with Crippen LogP contribution in [-0.2, 0) is 13.0 Å². The van der Waals surface area contributed by atoms with Crippen molar-refractivity contribution in [3.05, 3.63) is 41.0 Å². The van der Waals surface area contributed by atoms with Crippen molar-refractivity contribution in [2.75, 3.05) is 12.4 Å². The molecule has 2 amide bonds. The zero-order valence-electron chi connectivity index (χ0n) is 16.3. The van der Waals surface area contributed by atoms with E-state index in [0.717, 1.165) is 30.5 Å². The molecule has 1 aliphatic rings. The second-order valence-electron chi connectivity index (χ2n) is 7.13. The van der Waals surface area contributed by atoms with Gasteiger partial charge < -0.3 is 19.9 Å². The molecule has 2 heterocycles. The Bertz CT molecular complexity index is 870. The summed E-state index contributed by atoms with van der Waals surface area (Å²) in [5, 5.41) is 5.75. The lowest BCUT2D eigenvalue weighted by molar-refractivity contribution is 0.0937. The van der Waals surface area contributed by atoms with E-state index in [9.17, 15) is 9.59 Å². The first kappa shape index (κ1) is 18.9. The minimum Gasteiger partial charge on any atom is -0.495 e. The maximum Gasteiger partial charge on any atom is 0.291 e. The van der Waals surface area contributed by atoms with E-state index in [1.807, 2.05) is 43.5 Å². The van der Waals surface area contributed by atoms with Gasteiger partial charge in [-0.3, -0.25) is 9.59 Å². The molecule has 0 atom stereocenters. The normalized spacial score (nSPS) is 13.2. The lowest BCUT2D eigenvalue weighted by Gasteiger charge is -2.17. The molecule has 2 aromatic rings. The molecule has 144 valence electrons. The second-order valence-corrected chi connectivity index (χ2v) is 7.13. The van der Waals surface area contributed by atoms with Crippen LogP contribution >= 0.6 is 0 Å². The summed E-state index contributed by atoms with van der Waals surface area (Å²) < 4.78 is 7.20. The molecule has 2 N–H and O–H groups in total. The lowest BCUT2D eigenvalue weighted by atomic mass is 10.1. The van der Waals surface area contributed by atoms with Crippen LogP contribution in [0.2, 0.25) is 0 Å². The molecular formula is C20H26N4O3. The lowest BCUT2D eigenvalue weighted by Crippen LogP contribution is -2.31. The molecule has 1 aliphatic heterocycles. The van der Waals surface area contributed by atoms with Gasteiger partial charge in [0.1, 0.15) is 11.4 Å². The fraction of sp³-hybridized carbons (Fsp3) is 0.450. The molecule has 0 spiro atoms. The zero-order chi connectivity index (χ0) is 19.6. The number of aromatic nitrogens is 2. The van der Waals surface area contributed by atoms with Gasteiger partial charge in [0.25, 0.3) is 11.8 Å². The van der Waals surface area contributed by atoms with Crippen molar-refractivity contribution in [1.82, 2.24) is 14.9 Å². The average Bonchev–Trinajstić information content (AvgIpc) is 3.01. The maximum absolute atomic E-state index is 12.9. The van der Waals surface area contributed by atoms with Gasteiger partial charge in [0, 0.05) is 12.6 Å². The topological polar surface area (TPSA) is 85.2 Å². The number of anilines is 1. The number of methoxy groups -OCH3 is 1. The van der Waals surface area contributed by atoms with Gasteiger partial charge in [0.2, 0.25) is 0 Å². The fourth-order valence-electron chi connectivity index (χ4n) is 3.33. The highest BCUT2D eigenvalue weighted by molar-refractivity contribution is 6.04. The van der Waals surface area contributed by atoms with Gasteiger partial charge >= 0.3 is 0 Å². The highest BCUT2D eigenvalue weighted by Crippen LogP contribution is 2.27. The second kappa shape index (κ2) is 7.82. The number of benzene rings is 1. The summed E-state index contributed by atoms with van der Waals surface area (Å²) in [5.41, 5.74) is 2.78. The van der Waals surface area contributed by atoms with Crippen LogP contribution in [0.1, 0.15) is 59.1 Å². The Kier molecular flexibility index (Phi) is 5.48. The quantitative estimate of drug-likeness (QED) is 0.847. The Morgan fingerprint density at radius 1 is 1.22 bits per heavy atom. The van der Waals surface area contributed by atoms with Crippen molar-refractivity contribution in [1.29, 1.82) is 0 Å². The van der Waals surface area contributed by atoms with Crippen molar-refractivity contribution in [2.24, 2.45) is 0 Å². The van der Waals surface area contributed by atoms with Gasteiger partial charge in [-0.05, 0) is 57.7 Å². The van der Waals surface area contributed by atoms with E-state index >= 15 is 0 Å². The Morgan fingerprint density at radius 2 is 2.00 bits per heavy atom. The summed E-state index contributed by atoms with van der Waals surface area (Å²) in [5.74, 6) is 0.271. The monoisotopic (exact) mass is 370 g/mol. The molecule has 0 saturated heterocycles. The van der Waals surface area contributed by atoms with Gasteiger partial charge in [-0.2, -0.15) is 0 Å². The molecule has 0 unspecified atom stereocenters. The number of aryl methyl sites for hydroxylation is 1. The molecule has 1 aromatic carbocycles. The number of rotatable bonds is 5. The number of carbonyl (C=O) groups is 2. The van der Waals surface area contributed by atoms with Gasteiger partial charge in [-0.15, -0.1) is 0 Å². The molecule has 7 nitrogen and oxygen atoms in total. The van der Waals surface area contributed by atoms with Crippen LogP contribution in [0.5, 0.6) is 5.75 Å². The van der Waals surface area contributed by atoms with Crippen LogP contribution in [0.15, 0.2) is 18.2 Å². The van der Waals surface area contributed by atoms with E-state index in [1.165, 1.54) is 0 Å². The Hall–Kier alpha value is -2.83. The van der Waals surface area contributed by atoms with Gasteiger partial charge in [-0.25, -0.2) is 4.98 Å². The first-order chi connectivity index (χ1) is 12.9. The minimum atomic E-state index is -0.342. The minimum absolute atomic E-state index is 0.00673. The fourth-order valence-corrected chi connectivity index (χ4v) is 3.33. The first-order valence-corrected chi connectivity index (χ1v) is 9.27. The molecule has 0 radical (unpaired) electrons. The molecule has 0 fully saturated rings. The predicted molar refractivity (Wildman–Crippen MR) is 103 cm³/mol. The number of amides is 2. The Morgan fingerprint density at radius 3 is 2.70 bits per heavy atom. The van der Waals surface area contributed by atoms with E-state index in [0.29, 0.717) is 23.7 Å². The largest absolute Gasteiger partial charge is 0.495 e. The van der Waals surface area contributed by atoms with Gasteiger partial charge in [-0.1, -0.05) is 6.07 Å². The van der Waals surface area contributed by atoms with Crippen LogP contribution in [-0.4, -0.2) is 34.5 Å². The van der Waals surface area contributed by atoms with Crippen molar-refractivity contribution in [3.8, 4) is 5.75 Å². The summed E-state index contributed by atoms with van der Waals surface area (Å²) in [6.45, 7) is 6.43. The van der Waals surface area contributed by atoms with E-state index in [2.05, 4.69) is 15.6 Å². The van der Waals surface area contributed by atoms with Crippen LogP contribution in [0, 0.1) is 6.92 Å². The number of nitrogens with one attached hydrogen (secondary N) is 2. The third-order valence-electron chi connectivity index (χ3n) is 4.56. The number of imidazole rings is 1. The number of carbonyl (C=O) groups excluding carboxylic acids is 2. The van der Waals surface area contributed by atoms with E-state index in [-0.39, 0.29) is 23.7 Å². The molecule has 0 saturated carbocycles. The molecule has 1 aromatic heterocycles. The molecule has 0 bridgehead atoms. The van der Waals surface area contributed by atoms with Crippen LogP contribution in [0.25, 0.3) is 0 Å². The standard InChI is InChI=1S/C20H26N4O3/c1-12(2)21-19(25)17-15-7-5-6-10-24(15)18(23-17)20(26)22-14-11-13(3)8-9-16(14)27-4/h8-9,11-12H,5-7,10H2,1-4H3,(H,21,25)(H,22,26). The molecule has 27 heavy (non-hydrogen) atoms. The molecular weight excluding hydrogens is 344 g/mol. The highest BCUT2D eigenvalue weighted by Gasteiger charge is 2.28. The summed E-state index contributed by atoms with van der Waals surface area (Å²) in [4.78, 5) is 29.9. The Labute approximate surface area is 159 Å². The number of hydrogen-bond acceptors (Lipinski definition) is 4. The van der Waals surface area contributed by atoms with E-state index in [4.69, 9.17) is 4.74 Å². The van der Waals surface area contributed by atoms with Gasteiger partial charge in [0.05, 0.1) is 18.5 Å². The average molecular weight is 370 g/mol. The third kappa shape index (κ3) is 3.97. The summed E-state index contributed by atoms with van der Waals surface area (Å²) >= 11 is 0. The van der Waals surface area contributed by atoms with E-state index in [1.54, 1.807) is 7.11 Å². The Balaban J connectivity index is 1.94. The summed E-state index contributed by atoms with van der Waals surface area (Å²) in [6, 6.07) is 5.59. The van der Waals surface area contributed by atoms with Crippen molar-refractivity contribution in [2.45, 2.75) is 52.6 Å². The van der Waals surface area contributed by atoms with Gasteiger partial charge in [0.15, 0.2) is 5.82 Å². The first-order valence-electron chi connectivity index (χ1n) is 9.27. The number of fused-ring (bicyclic) bond motifs is 1. The number of ether oxygens (including phenoxy) is 1. The predicted octanol–water partition coefficient (Wildman–Crippen LogP) is 2.93. The molecule has 7 heteroatoms. The molecule has 0 aliphatic carbocycles. The highest BCUT2D eigenvalue weighted by atomic mass is 16.5. The summed E-state index contributed by atoms with van der Waals surface area (Å²) in [6.07, 6.45) is 2.69. The van der Waals surface area contributed by atoms with Crippen molar-refractivity contribution < 1.29 is 14.3 Å². The number of hydrogen-bond donors (Lipinski definition) is 2. The smallest absolute Gasteiger partial charge is 0.291 e. The SMILES string of the molecule is COc1ccc(C)cc1NC(=O)c1nc(C(=O)NC(C)C)c2n1CCCC2. The van der Waals surface area contributed by atoms with Crippen LogP contribution < -0.4 is 15.4 Å². The zero-order valence-corrected chi connectivity index (χ0v) is 16.3. The summed E-state index contributed by atoms with van der Waals surface area (Å²) in [7, 11) is 1.56. The van der Waals surface area contributed by atoms with Crippen molar-refractivity contribution in [3.63, 3.8) is 0 Å². The van der Waals surface area contributed by atoms with Crippen LogP contribution in [0.3, 0.4) is 0 Å². The van der Waals surface area contributed by atoms with E-state index < -0.39 is 0 Å². The number of nitrogens with zero attached hydrogens (tertiary/aromatic N) is 2. The van der Waals surface area contributed by atoms with Crippen LogP contribution in [0.4, 0.5) is 5.69 Å². The maximum atomic E-state index is 12.9. The molecule has 3 rings (SSSR count). The van der Waals surface area contributed by atoms with Crippen molar-refractivity contribution >= 4 is 17.5 Å². The third-order valence-corrected chi connectivity index (χ3v) is 4.56.